The van der Waals surface area contributed by atoms with E-state index < -0.39 is 0 Å². The molecule has 2 N–H and O–H groups in total. The summed E-state index contributed by atoms with van der Waals surface area (Å²) in [6, 6.07) is 24.4. The molecule has 3 rings (SSSR count). The highest BCUT2D eigenvalue weighted by atomic mass is 16.5. The van der Waals surface area contributed by atoms with E-state index in [1.54, 1.807) is 24.3 Å². The van der Waals surface area contributed by atoms with E-state index in [0.29, 0.717) is 24.7 Å². The van der Waals surface area contributed by atoms with E-state index >= 15 is 0 Å². The van der Waals surface area contributed by atoms with Crippen molar-refractivity contribution in [3.63, 3.8) is 0 Å². The third-order valence-corrected chi connectivity index (χ3v) is 4.54. The minimum absolute atomic E-state index is 0.0282. The average Bonchev–Trinajstić information content (AvgIpc) is 2.84. The molecule has 0 saturated heterocycles. The van der Waals surface area contributed by atoms with Crippen LogP contribution in [0.4, 0.5) is 5.69 Å². The Kier molecular flexibility index (Phi) is 9.03. The van der Waals surface area contributed by atoms with Gasteiger partial charge in [0.1, 0.15) is 18.1 Å². The maximum Gasteiger partial charge on any atom is 0.240 e. The number of nitrogens with one attached hydrogen (secondary N) is 2. The SMILES string of the molecule is CCOc1ccc(NC(=O)CCC(=O)NN=Cc2cccc(OCc3ccccc3)c2)cc1. The molecule has 0 bridgehead atoms. The van der Waals surface area contributed by atoms with E-state index in [9.17, 15) is 9.59 Å². The van der Waals surface area contributed by atoms with Crippen LogP contribution in [0.15, 0.2) is 84.0 Å². The second-order valence-corrected chi connectivity index (χ2v) is 7.15. The fourth-order valence-electron chi connectivity index (χ4n) is 2.91. The summed E-state index contributed by atoms with van der Waals surface area (Å²) < 4.78 is 11.2. The van der Waals surface area contributed by atoms with Gasteiger partial charge in [0.15, 0.2) is 0 Å². The highest BCUT2D eigenvalue weighted by Crippen LogP contribution is 2.16. The lowest BCUT2D eigenvalue weighted by Crippen LogP contribution is -2.20. The second-order valence-electron chi connectivity index (χ2n) is 7.15. The summed E-state index contributed by atoms with van der Waals surface area (Å²) in [6.45, 7) is 2.96. The molecule has 3 aromatic carbocycles. The first kappa shape index (κ1) is 23.5. The topological polar surface area (TPSA) is 89.0 Å². The van der Waals surface area contributed by atoms with Crippen molar-refractivity contribution in [2.45, 2.75) is 26.4 Å². The Hall–Kier alpha value is -4.13. The number of amides is 2. The third kappa shape index (κ3) is 8.49. The molecule has 0 heterocycles. The van der Waals surface area contributed by atoms with Crippen molar-refractivity contribution in [3.8, 4) is 11.5 Å². The monoisotopic (exact) mass is 445 g/mol. The summed E-state index contributed by atoms with van der Waals surface area (Å²) in [7, 11) is 0. The Labute approximate surface area is 193 Å². The summed E-state index contributed by atoms with van der Waals surface area (Å²) in [6.07, 6.45) is 1.62. The summed E-state index contributed by atoms with van der Waals surface area (Å²) in [5, 5.41) is 6.72. The average molecular weight is 446 g/mol. The number of anilines is 1. The Balaban J connectivity index is 1.39. The van der Waals surface area contributed by atoms with E-state index in [1.165, 1.54) is 6.21 Å². The molecule has 33 heavy (non-hydrogen) atoms. The molecule has 7 nitrogen and oxygen atoms in total. The van der Waals surface area contributed by atoms with Gasteiger partial charge in [0.2, 0.25) is 11.8 Å². The van der Waals surface area contributed by atoms with E-state index in [1.807, 2.05) is 61.5 Å². The lowest BCUT2D eigenvalue weighted by atomic mass is 10.2. The molecule has 170 valence electrons. The number of benzene rings is 3. The van der Waals surface area contributed by atoms with Gasteiger partial charge in [0.25, 0.3) is 0 Å². The Morgan fingerprint density at radius 1 is 0.848 bits per heavy atom. The summed E-state index contributed by atoms with van der Waals surface area (Å²) in [5.74, 6) is 0.854. The molecule has 0 radical (unpaired) electrons. The second kappa shape index (κ2) is 12.7. The van der Waals surface area contributed by atoms with Crippen LogP contribution >= 0.6 is 0 Å². The van der Waals surface area contributed by atoms with Gasteiger partial charge < -0.3 is 14.8 Å². The van der Waals surface area contributed by atoms with Crippen LogP contribution in [0.5, 0.6) is 11.5 Å². The van der Waals surface area contributed by atoms with Crippen LogP contribution in [-0.4, -0.2) is 24.6 Å². The van der Waals surface area contributed by atoms with Crippen LogP contribution in [0.1, 0.15) is 30.9 Å². The van der Waals surface area contributed by atoms with Crippen molar-refractivity contribution in [1.82, 2.24) is 5.43 Å². The van der Waals surface area contributed by atoms with E-state index in [2.05, 4.69) is 15.8 Å². The molecular formula is C26H27N3O4. The highest BCUT2D eigenvalue weighted by molar-refractivity contribution is 5.93. The largest absolute Gasteiger partial charge is 0.494 e. The molecule has 0 aliphatic heterocycles. The molecule has 0 fully saturated rings. The predicted molar refractivity (Wildman–Crippen MR) is 128 cm³/mol. The van der Waals surface area contributed by atoms with Crippen molar-refractivity contribution in [2.75, 3.05) is 11.9 Å². The summed E-state index contributed by atoms with van der Waals surface area (Å²) in [4.78, 5) is 24.0. The zero-order valence-corrected chi connectivity index (χ0v) is 18.5. The Morgan fingerprint density at radius 3 is 2.36 bits per heavy atom. The first-order valence-electron chi connectivity index (χ1n) is 10.7. The maximum absolute atomic E-state index is 12.0. The lowest BCUT2D eigenvalue weighted by molar-refractivity contribution is -0.124. The predicted octanol–water partition coefficient (Wildman–Crippen LogP) is 4.53. The van der Waals surface area contributed by atoms with Crippen molar-refractivity contribution in [1.29, 1.82) is 0 Å². The molecule has 0 aliphatic carbocycles. The fraction of sp³-hybridized carbons (Fsp3) is 0.192. The zero-order chi connectivity index (χ0) is 23.3. The normalized spacial score (nSPS) is 10.6. The number of hydrazone groups is 1. The molecular weight excluding hydrogens is 418 g/mol. The molecule has 0 aromatic heterocycles. The van der Waals surface area contributed by atoms with Crippen LogP contribution < -0.4 is 20.2 Å². The van der Waals surface area contributed by atoms with Crippen molar-refractivity contribution >= 4 is 23.7 Å². The van der Waals surface area contributed by atoms with Gasteiger partial charge in [0, 0.05) is 18.5 Å². The minimum atomic E-state index is -0.343. The van der Waals surface area contributed by atoms with Crippen LogP contribution in [0.25, 0.3) is 0 Å². The number of nitrogens with zero attached hydrogens (tertiary/aromatic N) is 1. The van der Waals surface area contributed by atoms with Crippen molar-refractivity contribution < 1.29 is 19.1 Å². The van der Waals surface area contributed by atoms with Crippen molar-refractivity contribution in [3.05, 3.63) is 90.0 Å². The van der Waals surface area contributed by atoms with Crippen LogP contribution in [-0.2, 0) is 16.2 Å². The molecule has 3 aromatic rings. The number of hydrogen-bond acceptors (Lipinski definition) is 5. The Bertz CT molecular complexity index is 1070. The van der Waals surface area contributed by atoms with Gasteiger partial charge in [-0.05, 0) is 54.4 Å². The number of carbonyl (C=O) groups is 2. The van der Waals surface area contributed by atoms with Gasteiger partial charge in [-0.15, -0.1) is 0 Å². The van der Waals surface area contributed by atoms with Gasteiger partial charge in [-0.3, -0.25) is 9.59 Å². The number of carbonyl (C=O) groups excluding carboxylic acids is 2. The van der Waals surface area contributed by atoms with Gasteiger partial charge in [-0.2, -0.15) is 5.10 Å². The highest BCUT2D eigenvalue weighted by Gasteiger charge is 2.07. The molecule has 7 heteroatoms. The van der Waals surface area contributed by atoms with Crippen LogP contribution in [0, 0.1) is 0 Å². The van der Waals surface area contributed by atoms with E-state index in [4.69, 9.17) is 9.47 Å². The maximum atomic E-state index is 12.0. The molecule has 0 saturated carbocycles. The standard InChI is InChI=1S/C26H27N3O4/c1-2-32-23-13-11-22(12-14-23)28-25(30)15-16-26(31)29-27-18-21-9-6-10-24(17-21)33-19-20-7-4-3-5-8-20/h3-14,17-18H,2,15-16,19H2,1H3,(H,28,30)(H,29,31). The quantitative estimate of drug-likeness (QED) is 0.335. The Morgan fingerprint density at radius 2 is 1.61 bits per heavy atom. The number of rotatable bonds is 11. The van der Waals surface area contributed by atoms with Crippen LogP contribution in [0.2, 0.25) is 0 Å². The number of hydrogen-bond donors (Lipinski definition) is 2. The van der Waals surface area contributed by atoms with Gasteiger partial charge in [-0.1, -0.05) is 42.5 Å². The van der Waals surface area contributed by atoms with Crippen LogP contribution in [0.3, 0.4) is 0 Å². The number of ether oxygens (including phenoxy) is 2. The van der Waals surface area contributed by atoms with Gasteiger partial charge in [0.05, 0.1) is 12.8 Å². The first-order valence-corrected chi connectivity index (χ1v) is 10.7. The minimum Gasteiger partial charge on any atom is -0.494 e. The molecule has 0 spiro atoms. The molecule has 0 atom stereocenters. The first-order chi connectivity index (χ1) is 16.1. The third-order valence-electron chi connectivity index (χ3n) is 4.54. The van der Waals surface area contributed by atoms with E-state index in [-0.39, 0.29) is 24.7 Å². The molecule has 0 aliphatic rings. The smallest absolute Gasteiger partial charge is 0.240 e. The van der Waals surface area contributed by atoms with Gasteiger partial charge in [-0.25, -0.2) is 5.43 Å². The van der Waals surface area contributed by atoms with E-state index in [0.717, 1.165) is 16.9 Å². The fourth-order valence-corrected chi connectivity index (χ4v) is 2.91. The summed E-state index contributed by atoms with van der Waals surface area (Å²) >= 11 is 0. The molecule has 0 unspecified atom stereocenters. The van der Waals surface area contributed by atoms with Crippen molar-refractivity contribution in [2.24, 2.45) is 5.10 Å². The lowest BCUT2D eigenvalue weighted by Gasteiger charge is -2.07. The zero-order valence-electron chi connectivity index (χ0n) is 18.5. The molecule has 2 amide bonds. The van der Waals surface area contributed by atoms with Gasteiger partial charge >= 0.3 is 0 Å². The summed E-state index contributed by atoms with van der Waals surface area (Å²) in [5.41, 5.74) is 4.96.